The molecule has 0 aromatic heterocycles. The molecule has 0 saturated carbocycles. The molecule has 5 nitrogen and oxygen atoms in total. The normalized spacial score (nSPS) is 20.2. The second-order valence-electron chi connectivity index (χ2n) is 6.05. The Balaban J connectivity index is 2.35. The number of hydrogen-bond donors (Lipinski definition) is 1. The molecule has 2 atom stereocenters. The number of halogens is 4. The van der Waals surface area contributed by atoms with Crippen molar-refractivity contribution in [3.05, 3.63) is 57.4 Å². The number of benzene rings is 1. The fourth-order valence-electron chi connectivity index (χ4n) is 3.41. The Bertz CT molecular complexity index is 892. The number of esters is 2. The van der Waals surface area contributed by atoms with Gasteiger partial charge in [-0.15, -0.1) is 0 Å². The summed E-state index contributed by atoms with van der Waals surface area (Å²) >= 11 is 0. The van der Waals surface area contributed by atoms with Crippen LogP contribution in [0, 0.1) is 11.6 Å². The van der Waals surface area contributed by atoms with Gasteiger partial charge in [0.1, 0.15) is 31.1 Å². The predicted molar refractivity (Wildman–Crippen MR) is 84.8 cm³/mol. The van der Waals surface area contributed by atoms with E-state index in [1.807, 2.05) is 0 Å². The van der Waals surface area contributed by atoms with Gasteiger partial charge in [-0.1, -0.05) is 0 Å². The van der Waals surface area contributed by atoms with E-state index in [1.54, 1.807) is 0 Å². The van der Waals surface area contributed by atoms with E-state index < -0.39 is 47.9 Å². The Morgan fingerprint density at radius 3 is 2.70 bits per heavy atom. The zero-order valence-electron chi connectivity index (χ0n) is 14.4. The Morgan fingerprint density at radius 2 is 2.11 bits per heavy atom. The number of rotatable bonds is 4. The lowest BCUT2D eigenvalue weighted by molar-refractivity contribution is -0.136. The van der Waals surface area contributed by atoms with Crippen molar-refractivity contribution < 1.29 is 36.6 Å². The highest BCUT2D eigenvalue weighted by Gasteiger charge is 2.44. The van der Waals surface area contributed by atoms with Gasteiger partial charge in [-0.3, -0.25) is 0 Å². The van der Waals surface area contributed by atoms with E-state index in [0.717, 1.165) is 20.1 Å². The van der Waals surface area contributed by atoms with Crippen molar-refractivity contribution in [2.45, 2.75) is 19.0 Å². The van der Waals surface area contributed by atoms with Crippen molar-refractivity contribution >= 4 is 11.9 Å². The van der Waals surface area contributed by atoms with Crippen LogP contribution in [0.2, 0.25) is 0 Å². The largest absolute Gasteiger partial charge is 0.466 e. The number of nitrogens with one attached hydrogen (secondary N) is 1. The van der Waals surface area contributed by atoms with Gasteiger partial charge < -0.3 is 14.8 Å². The summed E-state index contributed by atoms with van der Waals surface area (Å²) in [7, 11) is 1.03. The van der Waals surface area contributed by atoms with E-state index in [9.17, 15) is 27.2 Å². The Morgan fingerprint density at radius 1 is 1.41 bits per heavy atom. The molecule has 0 aliphatic carbocycles. The van der Waals surface area contributed by atoms with E-state index in [1.165, 1.54) is 0 Å². The molecule has 9 heteroatoms. The summed E-state index contributed by atoms with van der Waals surface area (Å²) in [4.78, 5) is 24.5. The van der Waals surface area contributed by atoms with Crippen molar-refractivity contribution in [2.24, 2.45) is 0 Å². The van der Waals surface area contributed by atoms with E-state index in [2.05, 4.69) is 10.1 Å². The van der Waals surface area contributed by atoms with Crippen molar-refractivity contribution in [2.75, 3.05) is 20.4 Å². The molecule has 1 aromatic rings. The lowest BCUT2D eigenvalue weighted by Gasteiger charge is -2.29. The summed E-state index contributed by atoms with van der Waals surface area (Å²) in [5, 5.41) is 2.59. The minimum Gasteiger partial charge on any atom is -0.466 e. The van der Waals surface area contributed by atoms with Crippen LogP contribution in [0.5, 0.6) is 0 Å². The number of ether oxygens (including phenoxy) is 2. The van der Waals surface area contributed by atoms with E-state index in [4.69, 9.17) is 4.74 Å². The van der Waals surface area contributed by atoms with Gasteiger partial charge in [0, 0.05) is 11.6 Å². The van der Waals surface area contributed by atoms with Crippen molar-refractivity contribution in [3.63, 3.8) is 0 Å². The summed E-state index contributed by atoms with van der Waals surface area (Å²) < 4.78 is 65.6. The van der Waals surface area contributed by atoms with Crippen LogP contribution in [0.1, 0.15) is 30.1 Å². The Kier molecular flexibility index (Phi) is 4.95. The maximum atomic E-state index is 14.3. The van der Waals surface area contributed by atoms with Crippen molar-refractivity contribution in [3.8, 4) is 0 Å². The van der Waals surface area contributed by atoms with Crippen LogP contribution in [-0.4, -0.2) is 32.3 Å². The van der Waals surface area contributed by atoms with Crippen LogP contribution in [0.25, 0.3) is 0 Å². The van der Waals surface area contributed by atoms with Crippen molar-refractivity contribution in [1.29, 1.82) is 0 Å². The molecule has 27 heavy (non-hydrogen) atoms. The van der Waals surface area contributed by atoms with Crippen molar-refractivity contribution in [1.82, 2.24) is 5.32 Å². The van der Waals surface area contributed by atoms with Gasteiger partial charge in [-0.2, -0.15) is 0 Å². The number of cyclic esters (lactones) is 1. The average molecular weight is 385 g/mol. The van der Waals surface area contributed by atoms with Crippen LogP contribution < -0.4 is 5.32 Å². The third-order valence-corrected chi connectivity index (χ3v) is 4.47. The average Bonchev–Trinajstić information content (AvgIpc) is 2.99. The molecule has 0 bridgehead atoms. The zero-order valence-corrected chi connectivity index (χ0v) is 14.4. The summed E-state index contributed by atoms with van der Waals surface area (Å²) in [5.41, 5.74) is -1.45. The topological polar surface area (TPSA) is 64.6 Å². The zero-order chi connectivity index (χ0) is 19.9. The Hall–Kier alpha value is -2.84. The second-order valence-corrected chi connectivity index (χ2v) is 6.05. The SMILES string of the molecule is COC(=O)C1=C(CF)NC2=C(C(=O)OC2)[C@@H]1c1cc(F)cc(F)c1[C@@H](C)F. The molecule has 0 saturated heterocycles. The van der Waals surface area contributed by atoms with Gasteiger partial charge in [0.25, 0.3) is 0 Å². The summed E-state index contributed by atoms with van der Waals surface area (Å²) in [6.45, 7) is -0.355. The van der Waals surface area contributed by atoms with Gasteiger partial charge >= 0.3 is 11.9 Å². The molecule has 0 spiro atoms. The quantitative estimate of drug-likeness (QED) is 0.638. The van der Waals surface area contributed by atoms with E-state index in [0.29, 0.717) is 6.07 Å². The number of carbonyl (C=O) groups is 2. The molecular formula is C18H15F4NO4. The molecule has 2 aliphatic heterocycles. The molecule has 0 radical (unpaired) electrons. The smallest absolute Gasteiger partial charge is 0.337 e. The molecule has 3 rings (SSSR count). The minimum atomic E-state index is -1.88. The molecule has 0 unspecified atom stereocenters. The summed E-state index contributed by atoms with van der Waals surface area (Å²) in [6.07, 6.45) is -1.88. The van der Waals surface area contributed by atoms with Gasteiger partial charge in [-0.05, 0) is 18.6 Å². The van der Waals surface area contributed by atoms with Gasteiger partial charge in [-0.25, -0.2) is 27.2 Å². The van der Waals surface area contributed by atoms with Gasteiger partial charge in [0.05, 0.1) is 35.6 Å². The van der Waals surface area contributed by atoms with Crippen LogP contribution in [-0.2, 0) is 19.1 Å². The van der Waals surface area contributed by atoms with Gasteiger partial charge in [0.2, 0.25) is 0 Å². The third kappa shape index (κ3) is 3.07. The molecule has 144 valence electrons. The minimum absolute atomic E-state index is 0.139. The van der Waals surface area contributed by atoms with Gasteiger partial charge in [0.15, 0.2) is 0 Å². The number of dihydropyridines is 1. The summed E-state index contributed by atoms with van der Waals surface area (Å²) in [6, 6.07) is 1.31. The Labute approximate surface area is 151 Å². The first-order valence-electron chi connectivity index (χ1n) is 7.97. The first-order valence-corrected chi connectivity index (χ1v) is 7.97. The van der Waals surface area contributed by atoms with Crippen LogP contribution in [0.15, 0.2) is 34.7 Å². The molecule has 1 N–H and O–H groups in total. The van der Waals surface area contributed by atoms with Crippen LogP contribution in [0.3, 0.4) is 0 Å². The number of methoxy groups -OCH3 is 1. The molecule has 1 aromatic carbocycles. The molecule has 0 amide bonds. The maximum Gasteiger partial charge on any atom is 0.337 e. The number of allylic oxidation sites excluding steroid dienone is 1. The second kappa shape index (κ2) is 7.05. The lowest BCUT2D eigenvalue weighted by Crippen LogP contribution is -2.32. The number of hydrogen-bond acceptors (Lipinski definition) is 5. The number of alkyl halides is 2. The predicted octanol–water partition coefficient (Wildman–Crippen LogP) is 2.89. The molecule has 0 fully saturated rings. The van der Waals surface area contributed by atoms with Crippen LogP contribution in [0.4, 0.5) is 17.6 Å². The van der Waals surface area contributed by atoms with E-state index >= 15 is 0 Å². The first-order chi connectivity index (χ1) is 12.8. The summed E-state index contributed by atoms with van der Waals surface area (Å²) in [5.74, 6) is -5.53. The molecule has 2 heterocycles. The van der Waals surface area contributed by atoms with Crippen LogP contribution >= 0.6 is 0 Å². The highest BCUT2D eigenvalue weighted by Crippen LogP contribution is 2.44. The monoisotopic (exact) mass is 385 g/mol. The maximum absolute atomic E-state index is 14.3. The lowest BCUT2D eigenvalue weighted by atomic mass is 9.78. The third-order valence-electron chi connectivity index (χ3n) is 4.47. The van der Waals surface area contributed by atoms with E-state index in [-0.39, 0.29) is 34.7 Å². The first kappa shape index (κ1) is 18.9. The standard InChI is InChI=1S/C18H15F4NO4/c1-7(20)13-9(3-8(21)4-10(13)22)14-15(17(24)26-2)11(5-19)23-12-6-27-18(25)16(12)14/h3-4,7,14,23H,5-6H2,1-2H3/t7-,14-/m1/s1. The fraction of sp³-hybridized carbons (Fsp3) is 0.333. The molecular weight excluding hydrogens is 370 g/mol. The fourth-order valence-corrected chi connectivity index (χ4v) is 3.41. The highest BCUT2D eigenvalue weighted by molar-refractivity contribution is 6.01. The highest BCUT2D eigenvalue weighted by atomic mass is 19.1. The number of carbonyl (C=O) groups excluding carboxylic acids is 2. The molecule has 2 aliphatic rings.